The van der Waals surface area contributed by atoms with Gasteiger partial charge >= 0.3 is 6.09 Å². The number of hydrogen-bond donors (Lipinski definition) is 0. The highest BCUT2D eigenvalue weighted by Gasteiger charge is 2.33. The van der Waals surface area contributed by atoms with Crippen molar-refractivity contribution in [3.63, 3.8) is 0 Å². The molecule has 0 radical (unpaired) electrons. The van der Waals surface area contributed by atoms with Crippen molar-refractivity contribution in [1.82, 2.24) is 4.90 Å². The van der Waals surface area contributed by atoms with E-state index < -0.39 is 0 Å². The summed E-state index contributed by atoms with van der Waals surface area (Å²) in [5.74, 6) is 0.671. The maximum Gasteiger partial charge on any atom is 0.409 e. The van der Waals surface area contributed by atoms with Gasteiger partial charge in [0.25, 0.3) is 10.9 Å². The molecule has 0 atom stereocenters. The molecule has 0 saturated carbocycles. The predicted molar refractivity (Wildman–Crippen MR) is 92.8 cm³/mol. The van der Waals surface area contributed by atoms with Crippen LogP contribution in [0.15, 0.2) is 9.59 Å². The molecule has 2 saturated heterocycles. The lowest BCUT2D eigenvalue weighted by molar-refractivity contribution is 0.105. The molecule has 7 heteroatoms. The van der Waals surface area contributed by atoms with Gasteiger partial charge in [0.1, 0.15) is 11.4 Å². The van der Waals surface area contributed by atoms with E-state index in [0.717, 1.165) is 25.9 Å². The van der Waals surface area contributed by atoms with E-state index in [1.54, 1.807) is 11.8 Å². The van der Waals surface area contributed by atoms with E-state index in [2.05, 4.69) is 11.8 Å². The van der Waals surface area contributed by atoms with E-state index in [9.17, 15) is 14.4 Å². The van der Waals surface area contributed by atoms with E-state index in [1.165, 1.54) is 0 Å². The molecule has 1 amide bonds. The van der Waals surface area contributed by atoms with Crippen LogP contribution in [0, 0.1) is 5.92 Å². The Morgan fingerprint density at radius 3 is 1.96 bits per heavy atom. The van der Waals surface area contributed by atoms with Crippen LogP contribution in [0.4, 0.5) is 16.2 Å². The summed E-state index contributed by atoms with van der Waals surface area (Å²) in [5.41, 5.74) is 0.412. The largest absolute Gasteiger partial charge is 0.450 e. The van der Waals surface area contributed by atoms with Gasteiger partial charge in [-0.3, -0.25) is 9.59 Å². The molecular formula is C17H25N3O4. The number of carbonyl (C=O) groups is 1. The van der Waals surface area contributed by atoms with Gasteiger partial charge in [-0.2, -0.15) is 0 Å². The van der Waals surface area contributed by atoms with E-state index in [0.29, 0.717) is 50.1 Å². The molecule has 7 nitrogen and oxygen atoms in total. The first-order valence-electron chi connectivity index (χ1n) is 8.77. The normalized spacial score (nSPS) is 19.8. The minimum absolute atomic E-state index is 0.313. The predicted octanol–water partition coefficient (Wildman–Crippen LogP) is 0.797. The fourth-order valence-electron chi connectivity index (χ4n) is 3.51. The minimum Gasteiger partial charge on any atom is -0.450 e. The maximum absolute atomic E-state index is 12.1. The van der Waals surface area contributed by atoms with Gasteiger partial charge < -0.3 is 19.4 Å². The van der Waals surface area contributed by atoms with Gasteiger partial charge in [-0.05, 0) is 25.7 Å². The number of amides is 1. The molecule has 3 rings (SSSR count). The standard InChI is InChI=1S/C17H25N3O4/c1-3-24-17(23)20-10-8-19(9-11-20)14-13(15(21)16(14)22)18-6-4-12(2)5-7-18/h12H,3-11H2,1-2H3. The number of piperazine rings is 1. The van der Waals surface area contributed by atoms with Crippen LogP contribution >= 0.6 is 0 Å². The fraction of sp³-hybridized carbons (Fsp3) is 0.706. The van der Waals surface area contributed by atoms with Crippen molar-refractivity contribution in [3.8, 4) is 0 Å². The summed E-state index contributed by atoms with van der Waals surface area (Å²) in [6, 6.07) is 0. The lowest BCUT2D eigenvalue weighted by Gasteiger charge is -2.39. The number of ether oxygens (including phenoxy) is 1. The zero-order valence-electron chi connectivity index (χ0n) is 14.4. The summed E-state index contributed by atoms with van der Waals surface area (Å²) in [4.78, 5) is 41.6. The van der Waals surface area contributed by atoms with Gasteiger partial charge in [-0.15, -0.1) is 0 Å². The SMILES string of the molecule is CCOC(=O)N1CCN(c2c(N3CCC(C)CC3)c(=O)c2=O)CC1. The molecule has 0 bridgehead atoms. The highest BCUT2D eigenvalue weighted by Crippen LogP contribution is 2.29. The van der Waals surface area contributed by atoms with E-state index in [1.807, 2.05) is 4.90 Å². The average Bonchev–Trinajstić information content (AvgIpc) is 2.60. The van der Waals surface area contributed by atoms with Crippen LogP contribution in [0.5, 0.6) is 0 Å². The summed E-state index contributed by atoms with van der Waals surface area (Å²) in [6.07, 6.45) is 1.79. The molecule has 1 aromatic carbocycles. The van der Waals surface area contributed by atoms with Gasteiger partial charge in [0.05, 0.1) is 6.61 Å². The van der Waals surface area contributed by atoms with Crippen LogP contribution in [0.2, 0.25) is 0 Å². The molecule has 0 spiro atoms. The summed E-state index contributed by atoms with van der Waals surface area (Å²) in [7, 11) is 0. The topological polar surface area (TPSA) is 70.2 Å². The summed E-state index contributed by atoms with van der Waals surface area (Å²) < 4.78 is 5.01. The molecule has 0 N–H and O–H groups in total. The minimum atomic E-state index is -0.381. The summed E-state index contributed by atoms with van der Waals surface area (Å²) >= 11 is 0. The second kappa shape index (κ2) is 6.83. The molecule has 2 heterocycles. The van der Waals surface area contributed by atoms with Crippen LogP contribution in [0.3, 0.4) is 0 Å². The van der Waals surface area contributed by atoms with Gasteiger partial charge in [-0.1, -0.05) is 6.92 Å². The zero-order valence-corrected chi connectivity index (χ0v) is 14.4. The number of carbonyl (C=O) groups excluding carboxylic acids is 1. The number of anilines is 2. The molecule has 1 aromatic rings. The Kier molecular flexibility index (Phi) is 4.78. The maximum atomic E-state index is 12.1. The van der Waals surface area contributed by atoms with Gasteiger partial charge in [-0.25, -0.2) is 4.79 Å². The van der Waals surface area contributed by atoms with Crippen molar-refractivity contribution in [2.24, 2.45) is 5.92 Å². The van der Waals surface area contributed by atoms with Crippen molar-refractivity contribution >= 4 is 17.5 Å². The van der Waals surface area contributed by atoms with Gasteiger partial charge in [0, 0.05) is 39.3 Å². The Morgan fingerprint density at radius 2 is 1.46 bits per heavy atom. The molecule has 24 heavy (non-hydrogen) atoms. The Balaban J connectivity index is 1.68. The Hall–Kier alpha value is -2.05. The molecule has 0 unspecified atom stereocenters. The second-order valence-corrected chi connectivity index (χ2v) is 6.70. The number of piperidine rings is 1. The molecular weight excluding hydrogens is 310 g/mol. The Labute approximate surface area is 141 Å². The lowest BCUT2D eigenvalue weighted by atomic mass is 9.97. The van der Waals surface area contributed by atoms with Crippen LogP contribution < -0.4 is 20.7 Å². The van der Waals surface area contributed by atoms with Crippen molar-refractivity contribution in [2.75, 3.05) is 55.7 Å². The second-order valence-electron chi connectivity index (χ2n) is 6.70. The van der Waals surface area contributed by atoms with Crippen molar-refractivity contribution in [3.05, 3.63) is 20.4 Å². The van der Waals surface area contributed by atoms with Gasteiger partial charge in [0.2, 0.25) is 0 Å². The third-order valence-electron chi connectivity index (χ3n) is 5.08. The summed E-state index contributed by atoms with van der Waals surface area (Å²) in [5, 5.41) is 0. The van der Waals surface area contributed by atoms with E-state index >= 15 is 0 Å². The first kappa shape index (κ1) is 16.8. The molecule has 0 aromatic heterocycles. The molecule has 2 aliphatic heterocycles. The highest BCUT2D eigenvalue weighted by atomic mass is 16.6. The molecule has 2 aliphatic rings. The summed E-state index contributed by atoms with van der Waals surface area (Å²) in [6.45, 7) is 8.15. The Morgan fingerprint density at radius 1 is 0.958 bits per heavy atom. The van der Waals surface area contributed by atoms with Crippen molar-refractivity contribution < 1.29 is 9.53 Å². The first-order valence-corrected chi connectivity index (χ1v) is 8.77. The third-order valence-corrected chi connectivity index (χ3v) is 5.08. The monoisotopic (exact) mass is 335 g/mol. The van der Waals surface area contributed by atoms with E-state index in [4.69, 9.17) is 4.74 Å². The van der Waals surface area contributed by atoms with Crippen molar-refractivity contribution in [1.29, 1.82) is 0 Å². The van der Waals surface area contributed by atoms with Gasteiger partial charge in [0.15, 0.2) is 0 Å². The first-order chi connectivity index (χ1) is 11.5. The number of rotatable bonds is 3. The lowest BCUT2D eigenvalue weighted by Crippen LogP contribution is -2.54. The third kappa shape index (κ3) is 2.99. The highest BCUT2D eigenvalue weighted by molar-refractivity contribution is 5.77. The number of hydrogen-bond acceptors (Lipinski definition) is 6. The Bertz CT molecular complexity index is 664. The van der Waals surface area contributed by atoms with Crippen LogP contribution in [0.1, 0.15) is 26.7 Å². The van der Waals surface area contributed by atoms with E-state index in [-0.39, 0.29) is 17.0 Å². The van der Waals surface area contributed by atoms with Crippen LogP contribution in [-0.2, 0) is 4.74 Å². The fourth-order valence-corrected chi connectivity index (χ4v) is 3.51. The smallest absolute Gasteiger partial charge is 0.409 e. The van der Waals surface area contributed by atoms with Crippen LogP contribution in [0.25, 0.3) is 0 Å². The molecule has 132 valence electrons. The van der Waals surface area contributed by atoms with Crippen LogP contribution in [-0.4, -0.2) is 56.9 Å². The number of nitrogens with zero attached hydrogens (tertiary/aromatic N) is 3. The zero-order chi connectivity index (χ0) is 17.3. The average molecular weight is 335 g/mol. The molecule has 0 aliphatic carbocycles. The van der Waals surface area contributed by atoms with Crippen molar-refractivity contribution in [2.45, 2.75) is 26.7 Å². The molecule has 2 fully saturated rings. The quantitative estimate of drug-likeness (QED) is 0.761.